The van der Waals surface area contributed by atoms with Crippen molar-refractivity contribution in [1.82, 2.24) is 25.3 Å². The van der Waals surface area contributed by atoms with Gasteiger partial charge in [0.05, 0.1) is 6.04 Å². The van der Waals surface area contributed by atoms with Crippen molar-refractivity contribution < 1.29 is 4.79 Å². The Hall–Kier alpha value is -4.40. The summed E-state index contributed by atoms with van der Waals surface area (Å²) < 4.78 is -0.138. The molecule has 4 aromatic rings. The molecule has 1 aliphatic rings. The van der Waals surface area contributed by atoms with E-state index >= 15 is 0 Å². The Morgan fingerprint density at radius 3 is 2.22 bits per heavy atom. The summed E-state index contributed by atoms with van der Waals surface area (Å²) in [5.74, 6) is 0.809. The zero-order valence-electron chi connectivity index (χ0n) is 20.6. The van der Waals surface area contributed by atoms with Gasteiger partial charge >= 0.3 is 0 Å². The van der Waals surface area contributed by atoms with Crippen LogP contribution in [-0.4, -0.2) is 36.3 Å². The van der Waals surface area contributed by atoms with Gasteiger partial charge in [-0.05, 0) is 44.8 Å². The normalized spacial score (nSPS) is 16.3. The smallest absolute Gasteiger partial charge is 0.297 e. The highest BCUT2D eigenvalue weighted by Crippen LogP contribution is 2.41. The zero-order chi connectivity index (χ0) is 25.4. The van der Waals surface area contributed by atoms with E-state index in [1.54, 1.807) is 30.7 Å². The largest absolute Gasteiger partial charge is 0.348 e. The molecule has 1 aliphatic heterocycles. The van der Waals surface area contributed by atoms with Crippen LogP contribution in [0.1, 0.15) is 28.9 Å². The lowest BCUT2D eigenvalue weighted by Crippen LogP contribution is -2.56. The maximum atomic E-state index is 13.2. The minimum atomic E-state index is -0.232. The van der Waals surface area contributed by atoms with Crippen molar-refractivity contribution in [3.05, 3.63) is 108 Å². The number of fused-ring (bicyclic) bond motifs is 1. The lowest BCUT2D eigenvalue weighted by molar-refractivity contribution is 0.0904. The van der Waals surface area contributed by atoms with Gasteiger partial charge in [0.1, 0.15) is 5.69 Å². The second-order valence-electron chi connectivity index (χ2n) is 8.28. The highest BCUT2D eigenvalue weighted by molar-refractivity contribution is 6.01. The molecule has 1 aromatic heterocycles. The van der Waals surface area contributed by atoms with E-state index in [2.05, 4.69) is 45.1 Å². The number of aromatic nitrogens is 2. The Morgan fingerprint density at radius 2 is 1.50 bits per heavy atom. The Morgan fingerprint density at radius 1 is 0.861 bits per heavy atom. The van der Waals surface area contributed by atoms with Crippen LogP contribution in [0.5, 0.6) is 0 Å². The van der Waals surface area contributed by atoms with Crippen molar-refractivity contribution in [3.63, 3.8) is 0 Å². The molecule has 0 spiro atoms. The Labute approximate surface area is 211 Å². The van der Waals surface area contributed by atoms with Crippen LogP contribution in [0.2, 0.25) is 0 Å². The van der Waals surface area contributed by atoms with E-state index in [9.17, 15) is 4.79 Å². The summed E-state index contributed by atoms with van der Waals surface area (Å²) in [5, 5.41) is 6.11. The molecular weight excluding hydrogens is 450 g/mol. The van der Waals surface area contributed by atoms with Crippen LogP contribution in [0.4, 0.5) is 23.1 Å². The maximum Gasteiger partial charge on any atom is 0.297 e. The van der Waals surface area contributed by atoms with Crippen molar-refractivity contribution in [2.45, 2.75) is 13.0 Å². The number of nitrogens with one attached hydrogen (secondary N) is 3. The van der Waals surface area contributed by atoms with E-state index in [1.807, 2.05) is 74.8 Å². The number of anilines is 1. The number of carbonyl (C=O) groups excluding carboxylic acids is 1. The second kappa shape index (κ2) is 11.4. The fourth-order valence-corrected chi connectivity index (χ4v) is 3.86. The number of nitrogens with zero attached hydrogens (tertiary/aromatic N) is 4. The van der Waals surface area contributed by atoms with Gasteiger partial charge < -0.3 is 10.6 Å². The fraction of sp³-hybridized carbons (Fsp3) is 0.143. The lowest BCUT2D eigenvalue weighted by Gasteiger charge is -2.28. The SMILES string of the molecule is CC(Nc1nccc([N+]2(NC(=O)c3ccccc3)C=Nc3ccccc32)n1)c1ccccc1.CNC. The Bertz CT molecular complexity index is 1330. The molecule has 0 fully saturated rings. The van der Waals surface area contributed by atoms with Gasteiger partial charge in [0.15, 0.2) is 5.69 Å². The van der Waals surface area contributed by atoms with Crippen LogP contribution in [-0.2, 0) is 0 Å². The van der Waals surface area contributed by atoms with Crippen molar-refractivity contribution in [3.8, 4) is 0 Å². The molecule has 8 nitrogen and oxygen atoms in total. The van der Waals surface area contributed by atoms with Gasteiger partial charge in [-0.2, -0.15) is 15.4 Å². The van der Waals surface area contributed by atoms with Crippen molar-refractivity contribution >= 4 is 35.4 Å². The Kier molecular flexibility index (Phi) is 7.79. The molecule has 0 radical (unpaired) electrons. The highest BCUT2D eigenvalue weighted by atomic mass is 16.2. The van der Waals surface area contributed by atoms with Gasteiger partial charge in [-0.15, -0.1) is 0 Å². The monoisotopic (exact) mass is 480 g/mol. The molecule has 3 N–H and O–H groups in total. The third kappa shape index (κ3) is 5.30. The average Bonchev–Trinajstić information content (AvgIpc) is 3.30. The van der Waals surface area contributed by atoms with Crippen LogP contribution in [0.15, 0.2) is 102 Å². The van der Waals surface area contributed by atoms with E-state index < -0.39 is 0 Å². The number of hydrogen-bond donors (Lipinski definition) is 3. The summed E-state index contributed by atoms with van der Waals surface area (Å²) in [5.41, 5.74) is 6.39. The zero-order valence-corrected chi connectivity index (χ0v) is 20.6. The second-order valence-corrected chi connectivity index (χ2v) is 8.28. The van der Waals surface area contributed by atoms with E-state index in [0.717, 1.165) is 16.9 Å². The first kappa shape index (κ1) is 24.7. The summed E-state index contributed by atoms with van der Waals surface area (Å²) >= 11 is 0. The standard InChI is InChI=1S/C26H22N6O.C2H7N/c1-19(20-10-4-2-5-11-20)29-26-27-17-16-24(30-26)32(18-28-22-14-8-9-15-23(22)32)31-25(33)21-12-6-3-7-13-21;1-3-2/h2-19H,1H3,(H-,27,29,30,31,33);3H,1-2H3/p+1. The number of rotatable bonds is 6. The first-order chi connectivity index (χ1) is 17.6. The lowest BCUT2D eigenvalue weighted by atomic mass is 10.1. The van der Waals surface area contributed by atoms with Gasteiger partial charge in [-0.1, -0.05) is 65.3 Å². The molecule has 2 unspecified atom stereocenters. The minimum Gasteiger partial charge on any atom is -0.348 e. The first-order valence-electron chi connectivity index (χ1n) is 11.7. The van der Waals surface area contributed by atoms with E-state index in [0.29, 0.717) is 17.3 Å². The average molecular weight is 481 g/mol. The molecule has 0 bridgehead atoms. The molecule has 3 aromatic carbocycles. The molecule has 36 heavy (non-hydrogen) atoms. The van der Waals surface area contributed by atoms with Crippen LogP contribution in [0, 0.1) is 0 Å². The molecule has 8 heteroatoms. The van der Waals surface area contributed by atoms with E-state index in [4.69, 9.17) is 4.98 Å². The summed E-state index contributed by atoms with van der Waals surface area (Å²) in [6.45, 7) is 2.06. The molecule has 0 saturated heterocycles. The highest BCUT2D eigenvalue weighted by Gasteiger charge is 2.43. The van der Waals surface area contributed by atoms with Crippen molar-refractivity contribution in [1.29, 1.82) is 0 Å². The van der Waals surface area contributed by atoms with Crippen molar-refractivity contribution in [2.75, 3.05) is 19.4 Å². The quantitative estimate of drug-likeness (QED) is 0.332. The van der Waals surface area contributed by atoms with Gasteiger partial charge in [0.25, 0.3) is 11.7 Å². The predicted octanol–water partition coefficient (Wildman–Crippen LogP) is 5.14. The fourth-order valence-electron chi connectivity index (χ4n) is 3.86. The molecule has 1 amide bonds. The third-order valence-corrected chi connectivity index (χ3v) is 5.59. The maximum absolute atomic E-state index is 13.2. The van der Waals surface area contributed by atoms with Gasteiger partial charge in [0.2, 0.25) is 12.3 Å². The molecule has 5 rings (SSSR count). The number of amides is 1. The van der Waals surface area contributed by atoms with Crippen LogP contribution in [0.3, 0.4) is 0 Å². The number of aliphatic imine (C=N–C) groups is 1. The van der Waals surface area contributed by atoms with Gasteiger partial charge in [0, 0.05) is 23.9 Å². The van der Waals surface area contributed by atoms with Crippen molar-refractivity contribution in [2.24, 2.45) is 4.99 Å². The van der Waals surface area contributed by atoms with Crippen LogP contribution in [0.25, 0.3) is 0 Å². The molecule has 0 saturated carbocycles. The number of hydrogen-bond acceptors (Lipinski definition) is 6. The van der Waals surface area contributed by atoms with Gasteiger partial charge in [-0.3, -0.25) is 4.79 Å². The number of para-hydroxylation sites is 2. The molecule has 2 heterocycles. The summed E-state index contributed by atoms with van der Waals surface area (Å²) in [6, 6.07) is 28.7. The topological polar surface area (TPSA) is 91.3 Å². The Balaban J connectivity index is 0.000000967. The molecule has 2 atom stereocenters. The predicted molar refractivity (Wildman–Crippen MR) is 145 cm³/mol. The first-order valence-corrected chi connectivity index (χ1v) is 11.7. The minimum absolute atomic E-state index is 0.00772. The molecular formula is C28H30N7O+. The van der Waals surface area contributed by atoms with E-state index in [1.165, 1.54) is 0 Å². The summed E-state index contributed by atoms with van der Waals surface area (Å²) in [6.07, 6.45) is 3.38. The molecule has 182 valence electrons. The summed E-state index contributed by atoms with van der Waals surface area (Å²) in [4.78, 5) is 26.9. The van der Waals surface area contributed by atoms with E-state index in [-0.39, 0.29) is 16.5 Å². The number of carbonyl (C=O) groups is 1. The van der Waals surface area contributed by atoms with Crippen LogP contribution < -0.4 is 20.7 Å². The third-order valence-electron chi connectivity index (χ3n) is 5.59. The van der Waals surface area contributed by atoms with Crippen LogP contribution >= 0.6 is 0 Å². The van der Waals surface area contributed by atoms with Gasteiger partial charge in [-0.25, -0.2) is 4.98 Å². The number of benzene rings is 3. The molecule has 0 aliphatic carbocycles. The summed E-state index contributed by atoms with van der Waals surface area (Å²) in [7, 11) is 3.75. The number of quaternary nitrogens is 1.